The van der Waals surface area contributed by atoms with Crippen LogP contribution in [0.3, 0.4) is 0 Å². The molecule has 0 unspecified atom stereocenters. The number of nitrogens with zero attached hydrogens (tertiary/aromatic N) is 2. The number of hydrogen-bond donors (Lipinski definition) is 1. The Morgan fingerprint density at radius 3 is 2.94 bits per heavy atom. The Balaban J connectivity index is 2.01. The van der Waals surface area contributed by atoms with Gasteiger partial charge in [0.05, 0.1) is 0 Å². The first kappa shape index (κ1) is 12.4. The highest BCUT2D eigenvalue weighted by atomic mass is 15.2. The van der Waals surface area contributed by atoms with E-state index in [2.05, 4.69) is 35.2 Å². The molecule has 1 aliphatic rings. The zero-order chi connectivity index (χ0) is 12.1. The van der Waals surface area contributed by atoms with Gasteiger partial charge in [0, 0.05) is 31.9 Å². The first-order chi connectivity index (χ1) is 8.31. The van der Waals surface area contributed by atoms with Crippen molar-refractivity contribution in [2.45, 2.75) is 32.7 Å². The van der Waals surface area contributed by atoms with Crippen LogP contribution in [0.2, 0.25) is 0 Å². The SMILES string of the molecule is CCNCc1cccnc1N(C)CC1CCC1. The second-order valence-corrected chi connectivity index (χ2v) is 4.94. The van der Waals surface area contributed by atoms with E-state index in [-0.39, 0.29) is 0 Å². The van der Waals surface area contributed by atoms with E-state index in [1.165, 1.54) is 24.8 Å². The molecule has 3 heteroatoms. The van der Waals surface area contributed by atoms with E-state index in [1.54, 1.807) is 0 Å². The Morgan fingerprint density at radius 2 is 2.29 bits per heavy atom. The molecule has 94 valence electrons. The maximum Gasteiger partial charge on any atom is 0.132 e. The van der Waals surface area contributed by atoms with E-state index in [0.717, 1.165) is 31.4 Å². The van der Waals surface area contributed by atoms with Crippen molar-refractivity contribution in [2.75, 3.05) is 25.0 Å². The summed E-state index contributed by atoms with van der Waals surface area (Å²) in [6, 6.07) is 4.19. The predicted octanol–water partition coefficient (Wildman–Crippen LogP) is 2.43. The first-order valence-corrected chi connectivity index (χ1v) is 6.67. The van der Waals surface area contributed by atoms with Gasteiger partial charge in [-0.15, -0.1) is 0 Å². The molecule has 1 N–H and O–H groups in total. The van der Waals surface area contributed by atoms with Crippen molar-refractivity contribution >= 4 is 5.82 Å². The highest BCUT2D eigenvalue weighted by Crippen LogP contribution is 2.28. The van der Waals surface area contributed by atoms with Gasteiger partial charge < -0.3 is 10.2 Å². The highest BCUT2D eigenvalue weighted by Gasteiger charge is 2.20. The van der Waals surface area contributed by atoms with Crippen LogP contribution < -0.4 is 10.2 Å². The number of anilines is 1. The zero-order valence-electron chi connectivity index (χ0n) is 10.9. The monoisotopic (exact) mass is 233 g/mol. The van der Waals surface area contributed by atoms with Gasteiger partial charge in [-0.2, -0.15) is 0 Å². The summed E-state index contributed by atoms with van der Waals surface area (Å²) in [6.07, 6.45) is 6.08. The summed E-state index contributed by atoms with van der Waals surface area (Å²) in [5.41, 5.74) is 1.30. The van der Waals surface area contributed by atoms with E-state index in [9.17, 15) is 0 Å². The smallest absolute Gasteiger partial charge is 0.132 e. The van der Waals surface area contributed by atoms with Crippen LogP contribution in [-0.4, -0.2) is 25.1 Å². The average Bonchev–Trinajstić information content (AvgIpc) is 2.31. The van der Waals surface area contributed by atoms with Crippen molar-refractivity contribution in [1.82, 2.24) is 10.3 Å². The maximum absolute atomic E-state index is 4.53. The fraction of sp³-hybridized carbons (Fsp3) is 0.643. The van der Waals surface area contributed by atoms with E-state index in [1.807, 2.05) is 12.3 Å². The van der Waals surface area contributed by atoms with Crippen LogP contribution in [0, 0.1) is 5.92 Å². The molecule has 1 aromatic rings. The summed E-state index contributed by atoms with van der Waals surface area (Å²) >= 11 is 0. The normalized spacial score (nSPS) is 15.6. The largest absolute Gasteiger partial charge is 0.359 e. The van der Waals surface area contributed by atoms with Crippen LogP contribution in [0.25, 0.3) is 0 Å². The summed E-state index contributed by atoms with van der Waals surface area (Å²) in [6.45, 7) is 5.19. The van der Waals surface area contributed by atoms with Crippen LogP contribution in [0.5, 0.6) is 0 Å². The van der Waals surface area contributed by atoms with Gasteiger partial charge in [0.15, 0.2) is 0 Å². The summed E-state index contributed by atoms with van der Waals surface area (Å²) in [5.74, 6) is 2.02. The van der Waals surface area contributed by atoms with E-state index >= 15 is 0 Å². The molecule has 0 atom stereocenters. The Kier molecular flexibility index (Phi) is 4.37. The molecule has 1 heterocycles. The lowest BCUT2D eigenvalue weighted by atomic mass is 9.85. The third-order valence-electron chi connectivity index (χ3n) is 3.55. The molecule has 1 saturated carbocycles. The van der Waals surface area contributed by atoms with Crippen molar-refractivity contribution < 1.29 is 0 Å². The lowest BCUT2D eigenvalue weighted by Crippen LogP contribution is -2.31. The second-order valence-electron chi connectivity index (χ2n) is 4.94. The van der Waals surface area contributed by atoms with Crippen LogP contribution in [-0.2, 0) is 6.54 Å². The van der Waals surface area contributed by atoms with E-state index < -0.39 is 0 Å². The Bertz CT molecular complexity index is 347. The Hall–Kier alpha value is -1.09. The van der Waals surface area contributed by atoms with Crippen molar-refractivity contribution in [3.8, 4) is 0 Å². The van der Waals surface area contributed by atoms with Crippen molar-refractivity contribution in [2.24, 2.45) is 5.92 Å². The van der Waals surface area contributed by atoms with Gasteiger partial charge in [0.2, 0.25) is 0 Å². The third kappa shape index (κ3) is 3.19. The van der Waals surface area contributed by atoms with Crippen molar-refractivity contribution in [3.63, 3.8) is 0 Å². The van der Waals surface area contributed by atoms with Crippen LogP contribution in [0.4, 0.5) is 5.82 Å². The number of aromatic nitrogens is 1. The highest BCUT2D eigenvalue weighted by molar-refractivity contribution is 5.46. The first-order valence-electron chi connectivity index (χ1n) is 6.67. The maximum atomic E-state index is 4.53. The molecule has 0 spiro atoms. The quantitative estimate of drug-likeness (QED) is 0.818. The minimum atomic E-state index is 0.883. The van der Waals surface area contributed by atoms with Gasteiger partial charge in [0.25, 0.3) is 0 Å². The molecule has 1 aliphatic carbocycles. The molecule has 0 amide bonds. The predicted molar refractivity (Wildman–Crippen MR) is 72.2 cm³/mol. The van der Waals surface area contributed by atoms with Crippen LogP contribution in [0.1, 0.15) is 31.7 Å². The average molecular weight is 233 g/mol. The number of rotatable bonds is 6. The van der Waals surface area contributed by atoms with Crippen LogP contribution >= 0.6 is 0 Å². The fourth-order valence-corrected chi connectivity index (χ4v) is 2.32. The second kappa shape index (κ2) is 6.01. The van der Waals surface area contributed by atoms with Gasteiger partial charge in [-0.25, -0.2) is 4.98 Å². The number of nitrogens with one attached hydrogen (secondary N) is 1. The molecule has 17 heavy (non-hydrogen) atoms. The van der Waals surface area contributed by atoms with E-state index in [0.29, 0.717) is 0 Å². The number of pyridine rings is 1. The lowest BCUT2D eigenvalue weighted by molar-refractivity contribution is 0.321. The minimum absolute atomic E-state index is 0.883. The summed E-state index contributed by atoms with van der Waals surface area (Å²) in [5, 5.41) is 3.37. The summed E-state index contributed by atoms with van der Waals surface area (Å²) < 4.78 is 0. The van der Waals surface area contributed by atoms with Crippen molar-refractivity contribution in [3.05, 3.63) is 23.9 Å². The van der Waals surface area contributed by atoms with Gasteiger partial charge in [-0.1, -0.05) is 19.4 Å². The van der Waals surface area contributed by atoms with Crippen LogP contribution in [0.15, 0.2) is 18.3 Å². The molecule has 0 saturated heterocycles. The topological polar surface area (TPSA) is 28.2 Å². The Labute approximate surface area is 104 Å². The van der Waals surface area contributed by atoms with Gasteiger partial charge in [-0.3, -0.25) is 0 Å². The van der Waals surface area contributed by atoms with Gasteiger partial charge >= 0.3 is 0 Å². The molecular weight excluding hydrogens is 210 g/mol. The molecule has 0 aromatic carbocycles. The molecule has 1 aromatic heterocycles. The minimum Gasteiger partial charge on any atom is -0.359 e. The summed E-state index contributed by atoms with van der Waals surface area (Å²) in [4.78, 5) is 6.84. The molecule has 2 rings (SSSR count). The molecular formula is C14H23N3. The van der Waals surface area contributed by atoms with Crippen molar-refractivity contribution in [1.29, 1.82) is 0 Å². The fourth-order valence-electron chi connectivity index (χ4n) is 2.32. The number of hydrogen-bond acceptors (Lipinski definition) is 3. The standard InChI is InChI=1S/C14H23N3/c1-3-15-10-13-8-5-9-16-14(13)17(2)11-12-6-4-7-12/h5,8-9,12,15H,3-4,6-7,10-11H2,1-2H3. The molecule has 0 bridgehead atoms. The molecule has 1 fully saturated rings. The Morgan fingerprint density at radius 1 is 1.47 bits per heavy atom. The van der Waals surface area contributed by atoms with E-state index in [4.69, 9.17) is 0 Å². The molecule has 0 aliphatic heterocycles. The third-order valence-corrected chi connectivity index (χ3v) is 3.55. The van der Waals surface area contributed by atoms with Gasteiger partial charge in [-0.05, 0) is 31.4 Å². The zero-order valence-corrected chi connectivity index (χ0v) is 10.9. The van der Waals surface area contributed by atoms with Gasteiger partial charge in [0.1, 0.15) is 5.82 Å². The molecule has 3 nitrogen and oxygen atoms in total. The summed E-state index contributed by atoms with van der Waals surface area (Å²) in [7, 11) is 2.16. The molecule has 0 radical (unpaired) electrons. The lowest BCUT2D eigenvalue weighted by Gasteiger charge is -2.31.